The maximum Gasteiger partial charge on any atom is 0.421 e. The minimum absolute atomic E-state index is 0.181. The molecular weight excluding hydrogens is 272 g/mol. The van der Waals surface area contributed by atoms with E-state index in [0.717, 1.165) is 16.8 Å². The highest BCUT2D eigenvalue weighted by atomic mass is 16.4. The van der Waals surface area contributed by atoms with Crippen molar-refractivity contribution in [3.8, 4) is 0 Å². The largest absolute Gasteiger partial charge is 0.464 e. The average Bonchev–Trinajstić information content (AvgIpc) is 2.63. The van der Waals surface area contributed by atoms with Gasteiger partial charge in [-0.25, -0.2) is 4.79 Å². The van der Waals surface area contributed by atoms with Crippen molar-refractivity contribution in [2.24, 2.45) is 0 Å². The molecule has 110 valence electrons. The molecule has 0 radical (unpaired) electrons. The lowest BCUT2D eigenvalue weighted by molar-refractivity contribution is -0.134. The van der Waals surface area contributed by atoms with Crippen LogP contribution in [0.15, 0.2) is 23.8 Å². The average molecular weight is 288 g/mol. The first-order chi connectivity index (χ1) is 9.81. The van der Waals surface area contributed by atoms with E-state index in [2.05, 4.69) is 0 Å². The fourth-order valence-electron chi connectivity index (χ4n) is 2.35. The van der Waals surface area contributed by atoms with Gasteiger partial charge < -0.3 is 10.0 Å². The van der Waals surface area contributed by atoms with Crippen LogP contribution in [0.1, 0.15) is 17.5 Å². The number of imide groups is 3. The lowest BCUT2D eigenvalue weighted by atomic mass is 10.1. The van der Waals surface area contributed by atoms with E-state index in [0.29, 0.717) is 0 Å². The van der Waals surface area contributed by atoms with Crippen LogP contribution in [0.3, 0.4) is 0 Å². The van der Waals surface area contributed by atoms with Crippen LogP contribution in [0.2, 0.25) is 0 Å². The zero-order chi connectivity index (χ0) is 15.7. The van der Waals surface area contributed by atoms with E-state index >= 15 is 0 Å². The van der Waals surface area contributed by atoms with Crippen LogP contribution in [0.5, 0.6) is 0 Å². The van der Waals surface area contributed by atoms with Gasteiger partial charge in [0.05, 0.1) is 6.42 Å². The van der Waals surface area contributed by atoms with Gasteiger partial charge in [0.1, 0.15) is 0 Å². The maximum atomic E-state index is 11.9. The number of carbonyl (C=O) groups is 3. The van der Waals surface area contributed by atoms with Crippen molar-refractivity contribution in [2.45, 2.75) is 13.3 Å². The van der Waals surface area contributed by atoms with E-state index in [9.17, 15) is 14.4 Å². The number of amides is 3. The molecule has 0 spiro atoms. The fraction of sp³-hybridized carbons (Fsp3) is 0.267. The van der Waals surface area contributed by atoms with Gasteiger partial charge in [-0.3, -0.25) is 9.59 Å². The molecule has 1 N–H and O–H groups in total. The monoisotopic (exact) mass is 288 g/mol. The zero-order valence-corrected chi connectivity index (χ0v) is 12.1. The summed E-state index contributed by atoms with van der Waals surface area (Å²) in [5.41, 5.74) is 3.04. The van der Waals surface area contributed by atoms with Gasteiger partial charge in [-0.15, -0.1) is 0 Å². The number of carboxylic acid groups (broad SMARTS) is 1. The number of likely N-dealkylation sites (tertiary alicyclic amines) is 1. The quantitative estimate of drug-likeness (QED) is 0.664. The molecule has 1 aromatic rings. The molecule has 1 aromatic carbocycles. The summed E-state index contributed by atoms with van der Waals surface area (Å²) < 4.78 is 0. The van der Waals surface area contributed by atoms with E-state index in [1.54, 1.807) is 6.08 Å². The van der Waals surface area contributed by atoms with Crippen LogP contribution in [0.4, 0.5) is 10.5 Å². The Balaban J connectivity index is 2.33. The summed E-state index contributed by atoms with van der Waals surface area (Å²) in [5, 5.41) is 8.83. The summed E-state index contributed by atoms with van der Waals surface area (Å²) in [4.78, 5) is 36.5. The van der Waals surface area contributed by atoms with Gasteiger partial charge in [-0.05, 0) is 36.3 Å². The molecule has 3 amide bonds. The Kier molecular flexibility index (Phi) is 3.80. The number of aryl methyl sites for hydroxylation is 1. The first-order valence-electron chi connectivity index (χ1n) is 6.40. The van der Waals surface area contributed by atoms with Gasteiger partial charge >= 0.3 is 6.09 Å². The molecule has 6 nitrogen and oxygen atoms in total. The van der Waals surface area contributed by atoms with Crippen LogP contribution in [0, 0.1) is 6.92 Å². The standard InChI is InChI=1S/C15H16N2O4/c1-9-6-10(4-5-12(9)16(2)3)7-11-8-13(18)17(14(11)19)15(20)21/h4-7H,8H2,1-3H3,(H,20,21)/b11-7-. The van der Waals surface area contributed by atoms with E-state index < -0.39 is 17.9 Å². The third-order valence-electron chi connectivity index (χ3n) is 3.30. The Hall–Kier alpha value is -2.63. The van der Waals surface area contributed by atoms with Gasteiger partial charge in [0, 0.05) is 25.4 Å². The predicted molar refractivity (Wildman–Crippen MR) is 78.0 cm³/mol. The van der Waals surface area contributed by atoms with Crippen molar-refractivity contribution in [1.82, 2.24) is 4.90 Å². The number of nitrogens with zero attached hydrogens (tertiary/aromatic N) is 2. The van der Waals surface area contributed by atoms with Gasteiger partial charge in [-0.1, -0.05) is 6.07 Å². The first-order valence-corrected chi connectivity index (χ1v) is 6.40. The lowest BCUT2D eigenvalue weighted by Gasteiger charge is -2.15. The first kappa shape index (κ1) is 14.8. The van der Waals surface area contributed by atoms with Crippen molar-refractivity contribution in [3.63, 3.8) is 0 Å². The molecule has 0 saturated carbocycles. The number of carbonyl (C=O) groups excluding carboxylic acids is 2. The summed E-state index contributed by atoms with van der Waals surface area (Å²) in [6, 6.07) is 5.64. The molecule has 0 aliphatic carbocycles. The molecule has 0 unspecified atom stereocenters. The summed E-state index contributed by atoms with van der Waals surface area (Å²) in [6.07, 6.45) is -0.151. The van der Waals surface area contributed by atoms with Crippen LogP contribution >= 0.6 is 0 Å². The molecule has 21 heavy (non-hydrogen) atoms. The van der Waals surface area contributed by atoms with Crippen LogP contribution in [0.25, 0.3) is 6.08 Å². The smallest absolute Gasteiger partial charge is 0.421 e. The second kappa shape index (κ2) is 5.40. The summed E-state index contributed by atoms with van der Waals surface area (Å²) in [6.45, 7) is 1.95. The van der Waals surface area contributed by atoms with Crippen molar-refractivity contribution in [2.75, 3.05) is 19.0 Å². The number of rotatable bonds is 2. The molecule has 2 rings (SSSR count). The molecule has 1 aliphatic heterocycles. The molecule has 0 bridgehead atoms. The highest BCUT2D eigenvalue weighted by Gasteiger charge is 2.38. The van der Waals surface area contributed by atoms with Crippen molar-refractivity contribution < 1.29 is 19.5 Å². The maximum absolute atomic E-state index is 11.9. The minimum atomic E-state index is -1.53. The minimum Gasteiger partial charge on any atom is -0.464 e. The molecule has 1 heterocycles. The summed E-state index contributed by atoms with van der Waals surface area (Å²) in [7, 11) is 3.87. The second-order valence-electron chi connectivity index (χ2n) is 5.10. The number of hydrogen-bond donors (Lipinski definition) is 1. The Bertz CT molecular complexity index is 662. The molecular formula is C15H16N2O4. The van der Waals surface area contributed by atoms with Crippen LogP contribution in [-0.2, 0) is 9.59 Å². The van der Waals surface area contributed by atoms with Gasteiger partial charge in [0.25, 0.3) is 5.91 Å². The zero-order valence-electron chi connectivity index (χ0n) is 12.1. The predicted octanol–water partition coefficient (Wildman–Crippen LogP) is 1.88. The highest BCUT2D eigenvalue weighted by Crippen LogP contribution is 2.24. The van der Waals surface area contributed by atoms with E-state index in [1.807, 2.05) is 44.1 Å². The lowest BCUT2D eigenvalue weighted by Crippen LogP contribution is -2.34. The fourth-order valence-corrected chi connectivity index (χ4v) is 2.35. The van der Waals surface area contributed by atoms with Crippen molar-refractivity contribution in [1.29, 1.82) is 0 Å². The number of benzene rings is 1. The van der Waals surface area contributed by atoms with Crippen molar-refractivity contribution >= 4 is 29.7 Å². The third-order valence-corrected chi connectivity index (χ3v) is 3.30. The van der Waals surface area contributed by atoms with Crippen LogP contribution in [-0.4, -0.2) is 42.0 Å². The Morgan fingerprint density at radius 2 is 2.00 bits per heavy atom. The Labute approximate surface area is 122 Å². The third kappa shape index (κ3) is 2.79. The summed E-state index contributed by atoms with van der Waals surface area (Å²) in [5.74, 6) is -1.47. The van der Waals surface area contributed by atoms with E-state index in [-0.39, 0.29) is 16.9 Å². The van der Waals surface area contributed by atoms with Gasteiger partial charge in [0.15, 0.2) is 0 Å². The Morgan fingerprint density at radius 1 is 1.33 bits per heavy atom. The number of anilines is 1. The van der Waals surface area contributed by atoms with Crippen molar-refractivity contribution in [3.05, 3.63) is 34.9 Å². The Morgan fingerprint density at radius 3 is 2.48 bits per heavy atom. The molecule has 0 aromatic heterocycles. The highest BCUT2D eigenvalue weighted by molar-refractivity contribution is 6.22. The van der Waals surface area contributed by atoms with E-state index in [1.165, 1.54) is 0 Å². The van der Waals surface area contributed by atoms with E-state index in [4.69, 9.17) is 5.11 Å². The molecule has 6 heteroatoms. The van der Waals surface area contributed by atoms with Gasteiger partial charge in [-0.2, -0.15) is 4.90 Å². The molecule has 1 saturated heterocycles. The number of hydrogen-bond acceptors (Lipinski definition) is 4. The van der Waals surface area contributed by atoms with Crippen LogP contribution < -0.4 is 4.90 Å². The second-order valence-corrected chi connectivity index (χ2v) is 5.10. The summed E-state index contributed by atoms with van der Waals surface area (Å²) >= 11 is 0. The SMILES string of the molecule is Cc1cc(/C=C2/CC(=O)N(C(=O)O)C2=O)ccc1N(C)C. The molecule has 1 aliphatic rings. The topological polar surface area (TPSA) is 77.9 Å². The molecule has 0 atom stereocenters. The van der Waals surface area contributed by atoms with Gasteiger partial charge in [0.2, 0.25) is 5.91 Å². The molecule has 1 fully saturated rings. The normalized spacial score (nSPS) is 16.7.